The lowest BCUT2D eigenvalue weighted by atomic mass is 10.2. The molecular weight excluding hydrogens is 315 g/mol. The number of halogens is 1. The minimum absolute atomic E-state index is 0.0420. The van der Waals surface area contributed by atoms with Crippen molar-refractivity contribution in [2.45, 2.75) is 19.4 Å². The van der Waals surface area contributed by atoms with Gasteiger partial charge in [-0.05, 0) is 18.9 Å². The van der Waals surface area contributed by atoms with Crippen molar-refractivity contribution in [3.63, 3.8) is 0 Å². The van der Waals surface area contributed by atoms with Crippen LogP contribution in [-0.2, 0) is 6.54 Å². The highest BCUT2D eigenvalue weighted by molar-refractivity contribution is 5.94. The van der Waals surface area contributed by atoms with E-state index < -0.39 is 11.7 Å². The third-order valence-corrected chi connectivity index (χ3v) is 3.65. The molecule has 9 heteroatoms. The van der Waals surface area contributed by atoms with E-state index in [1.165, 1.54) is 19.4 Å². The summed E-state index contributed by atoms with van der Waals surface area (Å²) >= 11 is 0. The van der Waals surface area contributed by atoms with E-state index in [9.17, 15) is 9.18 Å². The number of amides is 1. The zero-order chi connectivity index (χ0) is 16.9. The van der Waals surface area contributed by atoms with Crippen molar-refractivity contribution in [3.05, 3.63) is 35.7 Å². The molecule has 2 aromatic rings. The van der Waals surface area contributed by atoms with Crippen LogP contribution in [0.4, 0.5) is 10.3 Å². The summed E-state index contributed by atoms with van der Waals surface area (Å²) in [6.45, 7) is 1.79. The number of hydrogen-bond donors (Lipinski definition) is 1. The van der Waals surface area contributed by atoms with Gasteiger partial charge < -0.3 is 15.0 Å². The van der Waals surface area contributed by atoms with Crippen molar-refractivity contribution in [3.8, 4) is 6.01 Å². The Morgan fingerprint density at radius 1 is 1.33 bits per heavy atom. The Morgan fingerprint density at radius 3 is 2.83 bits per heavy atom. The second-order valence-corrected chi connectivity index (χ2v) is 5.27. The van der Waals surface area contributed by atoms with Crippen LogP contribution >= 0.6 is 0 Å². The predicted molar refractivity (Wildman–Crippen MR) is 83.2 cm³/mol. The first-order valence-corrected chi connectivity index (χ1v) is 7.59. The molecule has 1 aliphatic heterocycles. The van der Waals surface area contributed by atoms with Gasteiger partial charge in [-0.25, -0.2) is 4.39 Å². The Kier molecular flexibility index (Phi) is 4.78. The average molecular weight is 332 g/mol. The van der Waals surface area contributed by atoms with Crippen LogP contribution in [0.3, 0.4) is 0 Å². The summed E-state index contributed by atoms with van der Waals surface area (Å²) in [6, 6.07) is 1.50. The molecule has 8 nitrogen and oxygen atoms in total. The van der Waals surface area contributed by atoms with Crippen LogP contribution in [0.2, 0.25) is 0 Å². The molecular formula is C15H17FN6O2. The molecule has 1 N–H and O–H groups in total. The molecule has 1 amide bonds. The number of ether oxygens (including phenoxy) is 1. The number of nitrogens with zero attached hydrogens (tertiary/aromatic N) is 5. The van der Waals surface area contributed by atoms with Gasteiger partial charge in [-0.2, -0.15) is 15.0 Å². The fraction of sp³-hybridized carbons (Fsp3) is 0.400. The van der Waals surface area contributed by atoms with Gasteiger partial charge in [-0.15, -0.1) is 0 Å². The van der Waals surface area contributed by atoms with Gasteiger partial charge in [-0.1, -0.05) is 0 Å². The van der Waals surface area contributed by atoms with E-state index in [4.69, 9.17) is 4.74 Å². The maximum atomic E-state index is 13.6. The van der Waals surface area contributed by atoms with Gasteiger partial charge >= 0.3 is 6.01 Å². The number of carbonyl (C=O) groups is 1. The Labute approximate surface area is 138 Å². The summed E-state index contributed by atoms with van der Waals surface area (Å²) in [5, 5.41) is 2.59. The number of carbonyl (C=O) groups excluding carboxylic acids is 1. The van der Waals surface area contributed by atoms with Gasteiger partial charge in [-0.3, -0.25) is 9.78 Å². The molecule has 3 rings (SSSR count). The maximum Gasteiger partial charge on any atom is 0.321 e. The van der Waals surface area contributed by atoms with Crippen molar-refractivity contribution in [1.29, 1.82) is 0 Å². The van der Waals surface area contributed by atoms with E-state index in [2.05, 4.69) is 25.3 Å². The van der Waals surface area contributed by atoms with Gasteiger partial charge in [0.25, 0.3) is 5.91 Å². The lowest BCUT2D eigenvalue weighted by molar-refractivity contribution is 0.0945. The zero-order valence-corrected chi connectivity index (χ0v) is 13.2. The molecule has 126 valence electrons. The molecule has 1 saturated heterocycles. The normalized spacial score (nSPS) is 13.8. The summed E-state index contributed by atoms with van der Waals surface area (Å²) < 4.78 is 18.7. The highest BCUT2D eigenvalue weighted by atomic mass is 19.1. The van der Waals surface area contributed by atoms with Crippen molar-refractivity contribution >= 4 is 11.9 Å². The van der Waals surface area contributed by atoms with Crippen LogP contribution in [0.5, 0.6) is 6.01 Å². The van der Waals surface area contributed by atoms with Crippen LogP contribution in [0.1, 0.15) is 29.0 Å². The topological polar surface area (TPSA) is 93.1 Å². The van der Waals surface area contributed by atoms with Gasteiger partial charge in [0.05, 0.1) is 25.4 Å². The van der Waals surface area contributed by atoms with Gasteiger partial charge in [0.15, 0.2) is 11.6 Å². The first kappa shape index (κ1) is 16.0. The fourth-order valence-corrected chi connectivity index (χ4v) is 2.43. The summed E-state index contributed by atoms with van der Waals surface area (Å²) in [4.78, 5) is 30.4. The SMILES string of the molecule is COc1nc(CNC(=O)c2ccncc2F)nc(N2CCCC2)n1. The van der Waals surface area contributed by atoms with Crippen molar-refractivity contribution < 1.29 is 13.9 Å². The zero-order valence-electron chi connectivity index (χ0n) is 13.2. The third-order valence-electron chi connectivity index (χ3n) is 3.65. The average Bonchev–Trinajstić information content (AvgIpc) is 3.14. The van der Waals surface area contributed by atoms with Crippen LogP contribution < -0.4 is 15.0 Å². The first-order chi connectivity index (χ1) is 11.7. The van der Waals surface area contributed by atoms with Gasteiger partial charge in [0.1, 0.15) is 0 Å². The smallest absolute Gasteiger partial charge is 0.321 e. The number of anilines is 1. The summed E-state index contributed by atoms with van der Waals surface area (Å²) in [5.41, 5.74) is -0.0780. The molecule has 1 aliphatic rings. The van der Waals surface area contributed by atoms with E-state index >= 15 is 0 Å². The Morgan fingerprint density at radius 2 is 2.12 bits per heavy atom. The molecule has 1 fully saturated rings. The van der Waals surface area contributed by atoms with E-state index in [0.717, 1.165) is 32.1 Å². The maximum absolute atomic E-state index is 13.6. The van der Waals surface area contributed by atoms with E-state index in [-0.39, 0.29) is 18.1 Å². The lowest BCUT2D eigenvalue weighted by Crippen LogP contribution is -2.27. The molecule has 0 bridgehead atoms. The molecule has 0 aliphatic carbocycles. The van der Waals surface area contributed by atoms with Crippen molar-refractivity contribution in [1.82, 2.24) is 25.3 Å². The minimum atomic E-state index is -0.680. The molecule has 24 heavy (non-hydrogen) atoms. The molecule has 3 heterocycles. The molecule has 0 unspecified atom stereocenters. The third kappa shape index (κ3) is 3.55. The van der Waals surface area contributed by atoms with Gasteiger partial charge in [0.2, 0.25) is 5.95 Å². The molecule has 2 aromatic heterocycles. The monoisotopic (exact) mass is 332 g/mol. The fourth-order valence-electron chi connectivity index (χ4n) is 2.43. The second kappa shape index (κ2) is 7.16. The summed E-state index contributed by atoms with van der Waals surface area (Å²) in [6.07, 6.45) is 4.52. The molecule has 0 saturated carbocycles. The number of nitrogens with one attached hydrogen (secondary N) is 1. The lowest BCUT2D eigenvalue weighted by Gasteiger charge is -2.16. The first-order valence-electron chi connectivity index (χ1n) is 7.59. The van der Waals surface area contributed by atoms with E-state index in [0.29, 0.717) is 11.8 Å². The second-order valence-electron chi connectivity index (χ2n) is 5.27. The standard InChI is InChI=1S/C15H17FN6O2/c1-24-15-20-12(19-14(21-15)22-6-2-3-7-22)9-18-13(23)10-4-5-17-8-11(10)16/h4-5,8H,2-3,6-7,9H2,1H3,(H,18,23). The molecule has 0 atom stereocenters. The van der Waals surface area contributed by atoms with Crippen LogP contribution in [0.25, 0.3) is 0 Å². The number of rotatable bonds is 5. The Hall–Kier alpha value is -2.84. The largest absolute Gasteiger partial charge is 0.467 e. The quantitative estimate of drug-likeness (QED) is 0.871. The predicted octanol–water partition coefficient (Wildman–Crippen LogP) is 0.944. The molecule has 0 aromatic carbocycles. The van der Waals surface area contributed by atoms with E-state index in [1.54, 1.807) is 0 Å². The van der Waals surface area contributed by atoms with Crippen LogP contribution in [-0.4, -0.2) is 46.0 Å². The minimum Gasteiger partial charge on any atom is -0.467 e. The number of hydrogen-bond acceptors (Lipinski definition) is 7. The van der Waals surface area contributed by atoms with Crippen molar-refractivity contribution in [2.24, 2.45) is 0 Å². The Bertz CT molecular complexity index is 736. The van der Waals surface area contributed by atoms with Crippen LogP contribution in [0.15, 0.2) is 18.5 Å². The Balaban J connectivity index is 1.73. The highest BCUT2D eigenvalue weighted by Crippen LogP contribution is 2.17. The van der Waals surface area contributed by atoms with Crippen molar-refractivity contribution in [2.75, 3.05) is 25.1 Å². The number of pyridine rings is 1. The molecule has 0 radical (unpaired) electrons. The molecule has 0 spiro atoms. The number of methoxy groups -OCH3 is 1. The van der Waals surface area contributed by atoms with Crippen LogP contribution in [0, 0.1) is 5.82 Å². The summed E-state index contributed by atoms with van der Waals surface area (Å²) in [7, 11) is 1.47. The van der Waals surface area contributed by atoms with E-state index in [1.807, 2.05) is 4.90 Å². The summed E-state index contributed by atoms with van der Waals surface area (Å²) in [5.74, 6) is -0.358. The highest BCUT2D eigenvalue weighted by Gasteiger charge is 2.18. The number of aromatic nitrogens is 4. The van der Waals surface area contributed by atoms with Gasteiger partial charge in [0, 0.05) is 19.3 Å².